The number of hydrogen-bond donors (Lipinski definition) is 1. The lowest BCUT2D eigenvalue weighted by Gasteiger charge is -2.30. The maximum atomic E-state index is 4.90. The van der Waals surface area contributed by atoms with Gasteiger partial charge >= 0.3 is 0 Å². The standard InChI is InChI=1S/C16H24N4/c1-2-14-7-12(1)8-15(14)19-11-20-5-3-13(4-6-20)16-9-17-10-18-16/h9-15H,1-8H2,(H,17,18)/t12-,14+,15+/m1/s1. The second-order valence-corrected chi connectivity index (χ2v) is 6.82. The molecule has 4 nitrogen and oxygen atoms in total. The number of likely N-dealkylation sites (tertiary alicyclic amines) is 1. The van der Waals surface area contributed by atoms with Gasteiger partial charge in [-0.05, 0) is 43.9 Å². The Kier molecular flexibility index (Phi) is 3.25. The maximum absolute atomic E-state index is 4.90. The van der Waals surface area contributed by atoms with Crippen LogP contribution in [0.5, 0.6) is 0 Å². The van der Waals surface area contributed by atoms with Crippen LogP contribution in [0.2, 0.25) is 0 Å². The number of aromatic amines is 1. The molecule has 2 saturated carbocycles. The van der Waals surface area contributed by atoms with Crippen molar-refractivity contribution in [3.05, 3.63) is 18.2 Å². The fraction of sp³-hybridized carbons (Fsp3) is 0.750. The third-order valence-electron chi connectivity index (χ3n) is 5.61. The predicted octanol–water partition coefficient (Wildman–Crippen LogP) is 2.81. The van der Waals surface area contributed by atoms with E-state index in [-0.39, 0.29) is 0 Å². The SMILES string of the molecule is C(=N[C@H]1C[C@@H]2CC[C@H]1C2)N1CCC(c2cnc[nH]2)CC1. The molecule has 0 spiro atoms. The summed E-state index contributed by atoms with van der Waals surface area (Å²) in [5.41, 5.74) is 1.30. The number of piperidine rings is 1. The average Bonchev–Trinajstić information content (AvgIpc) is 3.22. The molecule has 2 aliphatic carbocycles. The zero-order valence-electron chi connectivity index (χ0n) is 12.0. The van der Waals surface area contributed by atoms with Crippen molar-refractivity contribution >= 4 is 6.34 Å². The van der Waals surface area contributed by atoms with Crippen molar-refractivity contribution < 1.29 is 0 Å². The molecule has 2 heterocycles. The molecule has 0 amide bonds. The lowest BCUT2D eigenvalue weighted by atomic mass is 9.94. The average molecular weight is 272 g/mol. The topological polar surface area (TPSA) is 44.3 Å². The van der Waals surface area contributed by atoms with Gasteiger partial charge in [0, 0.05) is 30.9 Å². The summed E-state index contributed by atoms with van der Waals surface area (Å²) < 4.78 is 0. The molecule has 1 N–H and O–H groups in total. The highest BCUT2D eigenvalue weighted by Crippen LogP contribution is 2.45. The van der Waals surface area contributed by atoms with E-state index in [1.807, 2.05) is 6.20 Å². The van der Waals surface area contributed by atoms with Crippen molar-refractivity contribution in [2.45, 2.75) is 50.5 Å². The van der Waals surface area contributed by atoms with Gasteiger partial charge in [0.05, 0.1) is 18.7 Å². The maximum Gasteiger partial charge on any atom is 0.0921 e. The third kappa shape index (κ3) is 2.36. The first kappa shape index (κ1) is 12.4. The molecule has 0 unspecified atom stereocenters. The number of nitrogens with zero attached hydrogens (tertiary/aromatic N) is 3. The van der Waals surface area contributed by atoms with Crippen LogP contribution < -0.4 is 0 Å². The minimum atomic E-state index is 0.638. The molecule has 0 radical (unpaired) electrons. The van der Waals surface area contributed by atoms with Gasteiger partial charge in [0.1, 0.15) is 0 Å². The van der Waals surface area contributed by atoms with Crippen LogP contribution in [0.15, 0.2) is 17.5 Å². The van der Waals surface area contributed by atoms with Crippen LogP contribution in [0.4, 0.5) is 0 Å². The van der Waals surface area contributed by atoms with Crippen molar-refractivity contribution in [1.29, 1.82) is 0 Å². The molecular weight excluding hydrogens is 248 g/mol. The summed E-state index contributed by atoms with van der Waals surface area (Å²) in [5, 5.41) is 0. The molecule has 1 saturated heterocycles. The van der Waals surface area contributed by atoms with Gasteiger partial charge < -0.3 is 9.88 Å². The molecule has 3 fully saturated rings. The van der Waals surface area contributed by atoms with Crippen LogP contribution in [0.1, 0.15) is 50.1 Å². The first-order valence-electron chi connectivity index (χ1n) is 8.14. The van der Waals surface area contributed by atoms with E-state index in [4.69, 9.17) is 4.99 Å². The Bertz CT molecular complexity index is 459. The van der Waals surface area contributed by atoms with Gasteiger partial charge in [-0.3, -0.25) is 4.99 Å². The van der Waals surface area contributed by atoms with Crippen molar-refractivity contribution in [2.75, 3.05) is 13.1 Å². The van der Waals surface area contributed by atoms with Crippen LogP contribution in [-0.4, -0.2) is 40.3 Å². The quantitative estimate of drug-likeness (QED) is 0.679. The first-order valence-corrected chi connectivity index (χ1v) is 8.14. The van der Waals surface area contributed by atoms with Crippen molar-refractivity contribution in [3.63, 3.8) is 0 Å². The Balaban J connectivity index is 1.29. The Hall–Kier alpha value is -1.32. The van der Waals surface area contributed by atoms with E-state index >= 15 is 0 Å². The zero-order chi connectivity index (χ0) is 13.4. The number of nitrogens with one attached hydrogen (secondary N) is 1. The van der Waals surface area contributed by atoms with E-state index < -0.39 is 0 Å². The minimum absolute atomic E-state index is 0.638. The van der Waals surface area contributed by atoms with Gasteiger partial charge in [-0.1, -0.05) is 6.42 Å². The highest BCUT2D eigenvalue weighted by molar-refractivity contribution is 5.55. The number of rotatable bonds is 3. The van der Waals surface area contributed by atoms with Gasteiger partial charge in [-0.25, -0.2) is 4.98 Å². The summed E-state index contributed by atoms with van der Waals surface area (Å²) in [5.74, 6) is 2.55. The number of imidazole rings is 1. The van der Waals surface area contributed by atoms with Crippen LogP contribution in [-0.2, 0) is 0 Å². The fourth-order valence-electron chi connectivity index (χ4n) is 4.39. The molecule has 20 heavy (non-hydrogen) atoms. The van der Waals surface area contributed by atoms with E-state index in [0.29, 0.717) is 12.0 Å². The van der Waals surface area contributed by atoms with Crippen molar-refractivity contribution in [1.82, 2.24) is 14.9 Å². The molecule has 1 aliphatic heterocycles. The molecule has 3 atom stereocenters. The molecule has 4 heteroatoms. The number of hydrogen-bond acceptors (Lipinski definition) is 2. The molecular formula is C16H24N4. The van der Waals surface area contributed by atoms with E-state index in [1.54, 1.807) is 6.33 Å². The molecule has 108 valence electrons. The molecule has 3 aliphatic rings. The predicted molar refractivity (Wildman–Crippen MR) is 79.9 cm³/mol. The van der Waals surface area contributed by atoms with Gasteiger partial charge in [0.2, 0.25) is 0 Å². The molecule has 1 aromatic heterocycles. The van der Waals surface area contributed by atoms with Gasteiger partial charge in [0.15, 0.2) is 0 Å². The van der Waals surface area contributed by atoms with Crippen LogP contribution in [0, 0.1) is 11.8 Å². The second kappa shape index (κ2) is 5.23. The minimum Gasteiger partial charge on any atom is -0.363 e. The molecule has 4 rings (SSSR count). The Morgan fingerprint density at radius 1 is 1.20 bits per heavy atom. The molecule has 1 aromatic rings. The van der Waals surface area contributed by atoms with Crippen molar-refractivity contribution in [3.8, 4) is 0 Å². The lowest BCUT2D eigenvalue weighted by Crippen LogP contribution is -2.32. The summed E-state index contributed by atoms with van der Waals surface area (Å²) in [7, 11) is 0. The van der Waals surface area contributed by atoms with E-state index in [1.165, 1.54) is 44.2 Å². The summed E-state index contributed by atoms with van der Waals surface area (Å²) in [4.78, 5) is 14.7. The Morgan fingerprint density at radius 3 is 2.75 bits per heavy atom. The molecule has 2 bridgehead atoms. The summed E-state index contributed by atoms with van der Waals surface area (Å²) >= 11 is 0. The Labute approximate surface area is 120 Å². The number of aliphatic imine (C=N–C) groups is 1. The zero-order valence-corrected chi connectivity index (χ0v) is 12.0. The lowest BCUT2D eigenvalue weighted by molar-refractivity contribution is 0.314. The van der Waals surface area contributed by atoms with E-state index in [2.05, 4.69) is 21.2 Å². The largest absolute Gasteiger partial charge is 0.363 e. The first-order chi connectivity index (χ1) is 9.88. The van der Waals surface area contributed by atoms with E-state index in [0.717, 1.165) is 24.9 Å². The molecule has 0 aromatic carbocycles. The summed E-state index contributed by atoms with van der Waals surface area (Å²) in [6.45, 7) is 2.27. The number of H-pyrrole nitrogens is 1. The summed E-state index contributed by atoms with van der Waals surface area (Å²) in [6, 6.07) is 0.638. The second-order valence-electron chi connectivity index (χ2n) is 6.82. The van der Waals surface area contributed by atoms with Gasteiger partial charge in [-0.2, -0.15) is 0 Å². The smallest absolute Gasteiger partial charge is 0.0921 e. The van der Waals surface area contributed by atoms with Crippen LogP contribution in [0.3, 0.4) is 0 Å². The highest BCUT2D eigenvalue weighted by Gasteiger charge is 2.39. The van der Waals surface area contributed by atoms with E-state index in [9.17, 15) is 0 Å². The summed E-state index contributed by atoms with van der Waals surface area (Å²) in [6.07, 6.45) is 14.0. The number of fused-ring (bicyclic) bond motifs is 2. The fourth-order valence-corrected chi connectivity index (χ4v) is 4.39. The normalized spacial score (nSPS) is 34.4. The third-order valence-corrected chi connectivity index (χ3v) is 5.61. The Morgan fingerprint density at radius 2 is 2.10 bits per heavy atom. The van der Waals surface area contributed by atoms with Crippen LogP contribution in [0.25, 0.3) is 0 Å². The highest BCUT2D eigenvalue weighted by atomic mass is 15.2. The van der Waals surface area contributed by atoms with Gasteiger partial charge in [0.25, 0.3) is 0 Å². The van der Waals surface area contributed by atoms with Crippen LogP contribution >= 0.6 is 0 Å². The van der Waals surface area contributed by atoms with Gasteiger partial charge in [-0.15, -0.1) is 0 Å². The monoisotopic (exact) mass is 272 g/mol. The number of aromatic nitrogens is 2. The van der Waals surface area contributed by atoms with Crippen molar-refractivity contribution in [2.24, 2.45) is 16.8 Å².